The van der Waals surface area contributed by atoms with Gasteiger partial charge in [-0.3, -0.25) is 4.79 Å². The summed E-state index contributed by atoms with van der Waals surface area (Å²) in [5.74, 6) is 0.459. The van der Waals surface area contributed by atoms with Crippen LogP contribution in [0.1, 0.15) is 19.3 Å². The number of likely N-dealkylation sites (tertiary alicyclic amines) is 1. The maximum Gasteiger partial charge on any atom is 0.260 e. The van der Waals surface area contributed by atoms with Gasteiger partial charge in [-0.2, -0.15) is 0 Å². The first-order valence-corrected chi connectivity index (χ1v) is 6.78. The van der Waals surface area contributed by atoms with Crippen LogP contribution < -0.4 is 4.74 Å². The highest BCUT2D eigenvalue weighted by molar-refractivity contribution is 6.42. The molecule has 0 spiro atoms. The normalized spacial score (nSPS) is 15.6. The van der Waals surface area contributed by atoms with Crippen molar-refractivity contribution < 1.29 is 9.53 Å². The number of rotatable bonds is 3. The predicted molar refractivity (Wildman–Crippen MR) is 72.4 cm³/mol. The molecule has 0 aromatic heterocycles. The van der Waals surface area contributed by atoms with Crippen LogP contribution in [0.5, 0.6) is 5.75 Å². The van der Waals surface area contributed by atoms with Crippen LogP contribution in [0.2, 0.25) is 10.0 Å². The van der Waals surface area contributed by atoms with E-state index >= 15 is 0 Å². The zero-order valence-corrected chi connectivity index (χ0v) is 11.5. The number of nitrogens with zero attached hydrogens (tertiary/aromatic N) is 1. The summed E-state index contributed by atoms with van der Waals surface area (Å²) in [4.78, 5) is 13.7. The molecule has 1 saturated heterocycles. The van der Waals surface area contributed by atoms with Gasteiger partial charge in [-0.15, -0.1) is 0 Å². The fourth-order valence-corrected chi connectivity index (χ4v) is 2.32. The van der Waals surface area contributed by atoms with E-state index in [1.54, 1.807) is 18.2 Å². The summed E-state index contributed by atoms with van der Waals surface area (Å²) in [6, 6.07) is 5.13. The Kier molecular flexibility index (Phi) is 4.72. The SMILES string of the molecule is O=C(COc1cccc(Cl)c1Cl)N1CCCCC1. The zero-order chi connectivity index (χ0) is 13.0. The first kappa shape index (κ1) is 13.5. The van der Waals surface area contributed by atoms with Gasteiger partial charge in [0.15, 0.2) is 6.61 Å². The fourth-order valence-electron chi connectivity index (χ4n) is 1.97. The second-order valence-electron chi connectivity index (χ2n) is 4.28. The Labute approximate surface area is 117 Å². The highest BCUT2D eigenvalue weighted by Gasteiger charge is 2.17. The molecule has 1 aliphatic heterocycles. The number of carbonyl (C=O) groups is 1. The minimum Gasteiger partial charge on any atom is -0.482 e. The van der Waals surface area contributed by atoms with Crippen LogP contribution in [0.4, 0.5) is 0 Å². The lowest BCUT2D eigenvalue weighted by molar-refractivity contribution is -0.134. The van der Waals surface area contributed by atoms with Crippen molar-refractivity contribution in [2.45, 2.75) is 19.3 Å². The number of hydrogen-bond donors (Lipinski definition) is 0. The number of amides is 1. The summed E-state index contributed by atoms with van der Waals surface area (Å²) in [7, 11) is 0. The Bertz CT molecular complexity index is 431. The largest absolute Gasteiger partial charge is 0.482 e. The lowest BCUT2D eigenvalue weighted by Gasteiger charge is -2.26. The average Bonchev–Trinajstić information content (AvgIpc) is 2.41. The van der Waals surface area contributed by atoms with Crippen LogP contribution in [-0.4, -0.2) is 30.5 Å². The molecule has 1 fully saturated rings. The Hall–Kier alpha value is -0.930. The van der Waals surface area contributed by atoms with E-state index < -0.39 is 0 Å². The lowest BCUT2D eigenvalue weighted by Crippen LogP contribution is -2.38. The number of ether oxygens (including phenoxy) is 1. The van der Waals surface area contributed by atoms with Crippen LogP contribution in [0.15, 0.2) is 18.2 Å². The third kappa shape index (κ3) is 3.30. The number of carbonyl (C=O) groups excluding carboxylic acids is 1. The van der Waals surface area contributed by atoms with E-state index in [0.717, 1.165) is 25.9 Å². The summed E-state index contributed by atoms with van der Waals surface area (Å²) in [6.07, 6.45) is 3.35. The van der Waals surface area contributed by atoms with Gasteiger partial charge in [-0.25, -0.2) is 0 Å². The molecule has 1 aromatic rings. The Morgan fingerprint density at radius 1 is 1.22 bits per heavy atom. The van der Waals surface area contributed by atoms with E-state index in [1.165, 1.54) is 6.42 Å². The van der Waals surface area contributed by atoms with Gasteiger partial charge in [-0.05, 0) is 31.4 Å². The molecule has 0 atom stereocenters. The highest BCUT2D eigenvalue weighted by Crippen LogP contribution is 2.31. The molecule has 98 valence electrons. The van der Waals surface area contributed by atoms with Crippen molar-refractivity contribution in [3.8, 4) is 5.75 Å². The van der Waals surface area contributed by atoms with E-state index in [4.69, 9.17) is 27.9 Å². The molecular weight excluding hydrogens is 273 g/mol. The molecule has 1 aliphatic rings. The Morgan fingerprint density at radius 3 is 2.67 bits per heavy atom. The van der Waals surface area contributed by atoms with Crippen molar-refractivity contribution in [2.75, 3.05) is 19.7 Å². The van der Waals surface area contributed by atoms with Gasteiger partial charge in [0, 0.05) is 13.1 Å². The first-order valence-electron chi connectivity index (χ1n) is 6.03. The predicted octanol–water partition coefficient (Wildman–Crippen LogP) is 3.38. The maximum atomic E-state index is 11.9. The molecule has 0 aliphatic carbocycles. The van der Waals surface area contributed by atoms with Crippen molar-refractivity contribution in [1.82, 2.24) is 4.90 Å². The van der Waals surface area contributed by atoms with Gasteiger partial charge >= 0.3 is 0 Å². The van der Waals surface area contributed by atoms with E-state index in [9.17, 15) is 4.79 Å². The van der Waals surface area contributed by atoms with Crippen molar-refractivity contribution >= 4 is 29.1 Å². The van der Waals surface area contributed by atoms with Gasteiger partial charge in [0.05, 0.1) is 5.02 Å². The highest BCUT2D eigenvalue weighted by atomic mass is 35.5. The molecule has 1 heterocycles. The maximum absolute atomic E-state index is 11.9. The molecule has 0 radical (unpaired) electrons. The molecule has 3 nitrogen and oxygen atoms in total. The van der Waals surface area contributed by atoms with Gasteiger partial charge in [-0.1, -0.05) is 29.3 Å². The molecule has 0 unspecified atom stereocenters. The number of halogens is 2. The summed E-state index contributed by atoms with van der Waals surface area (Å²) in [5.41, 5.74) is 0. The number of piperidine rings is 1. The van der Waals surface area contributed by atoms with E-state index in [2.05, 4.69) is 0 Å². The van der Waals surface area contributed by atoms with Crippen LogP contribution in [0, 0.1) is 0 Å². The topological polar surface area (TPSA) is 29.5 Å². The minimum atomic E-state index is 0.00532. The molecule has 0 N–H and O–H groups in total. The van der Waals surface area contributed by atoms with Crippen LogP contribution in [0.3, 0.4) is 0 Å². The van der Waals surface area contributed by atoms with E-state index in [0.29, 0.717) is 15.8 Å². The Balaban J connectivity index is 1.90. The third-order valence-electron chi connectivity index (χ3n) is 2.98. The van der Waals surface area contributed by atoms with Crippen molar-refractivity contribution in [2.24, 2.45) is 0 Å². The summed E-state index contributed by atoms with van der Waals surface area (Å²) >= 11 is 11.9. The van der Waals surface area contributed by atoms with Crippen molar-refractivity contribution in [3.63, 3.8) is 0 Å². The second kappa shape index (κ2) is 6.30. The summed E-state index contributed by atoms with van der Waals surface area (Å²) < 4.78 is 5.43. The molecule has 18 heavy (non-hydrogen) atoms. The first-order chi connectivity index (χ1) is 8.68. The van der Waals surface area contributed by atoms with E-state index in [-0.39, 0.29) is 12.5 Å². The molecule has 5 heteroatoms. The van der Waals surface area contributed by atoms with Crippen molar-refractivity contribution in [1.29, 1.82) is 0 Å². The second-order valence-corrected chi connectivity index (χ2v) is 5.07. The molecule has 0 saturated carbocycles. The minimum absolute atomic E-state index is 0.00532. The average molecular weight is 288 g/mol. The molecule has 1 aromatic carbocycles. The molecule has 2 rings (SSSR count). The third-order valence-corrected chi connectivity index (χ3v) is 3.78. The van der Waals surface area contributed by atoms with Crippen molar-refractivity contribution in [3.05, 3.63) is 28.2 Å². The molecule has 1 amide bonds. The van der Waals surface area contributed by atoms with Gasteiger partial charge in [0.25, 0.3) is 5.91 Å². The quantitative estimate of drug-likeness (QED) is 0.853. The molecular formula is C13H15Cl2NO2. The van der Waals surface area contributed by atoms with Crippen LogP contribution in [-0.2, 0) is 4.79 Å². The van der Waals surface area contributed by atoms with Gasteiger partial charge in [0.2, 0.25) is 0 Å². The van der Waals surface area contributed by atoms with Crippen LogP contribution in [0.25, 0.3) is 0 Å². The van der Waals surface area contributed by atoms with Gasteiger partial charge < -0.3 is 9.64 Å². The number of benzene rings is 1. The fraction of sp³-hybridized carbons (Fsp3) is 0.462. The summed E-state index contributed by atoms with van der Waals surface area (Å²) in [6.45, 7) is 1.66. The van der Waals surface area contributed by atoms with Crippen LogP contribution >= 0.6 is 23.2 Å². The standard InChI is InChI=1S/C13H15Cl2NO2/c14-10-5-4-6-11(13(10)15)18-9-12(17)16-7-2-1-3-8-16/h4-6H,1-3,7-9H2. The van der Waals surface area contributed by atoms with E-state index in [1.807, 2.05) is 4.90 Å². The zero-order valence-electron chi connectivity index (χ0n) is 9.99. The Morgan fingerprint density at radius 2 is 1.94 bits per heavy atom. The summed E-state index contributed by atoms with van der Waals surface area (Å²) in [5, 5.41) is 0.783. The monoisotopic (exact) mass is 287 g/mol. The molecule has 0 bridgehead atoms. The lowest BCUT2D eigenvalue weighted by atomic mass is 10.1. The van der Waals surface area contributed by atoms with Gasteiger partial charge in [0.1, 0.15) is 10.8 Å². The number of hydrogen-bond acceptors (Lipinski definition) is 2. The smallest absolute Gasteiger partial charge is 0.260 e.